The van der Waals surface area contributed by atoms with Gasteiger partial charge in [0.1, 0.15) is 11.9 Å². The third kappa shape index (κ3) is 2.68. The highest BCUT2D eigenvalue weighted by molar-refractivity contribution is 5.80. The lowest BCUT2D eigenvalue weighted by Gasteiger charge is -2.57. The lowest BCUT2D eigenvalue weighted by atomic mass is 9.48. The van der Waals surface area contributed by atoms with Crippen molar-refractivity contribution in [1.82, 2.24) is 0 Å². The van der Waals surface area contributed by atoms with Crippen LogP contribution < -0.4 is 0 Å². The maximum Gasteiger partial charge on any atom is 0.305 e. The Kier molecular flexibility index (Phi) is 4.56. The van der Waals surface area contributed by atoms with Gasteiger partial charge in [0, 0.05) is 24.7 Å². The lowest BCUT2D eigenvalue weighted by molar-refractivity contribution is -0.159. The van der Waals surface area contributed by atoms with E-state index in [1.54, 1.807) is 5.57 Å². The number of esters is 1. The van der Waals surface area contributed by atoms with Gasteiger partial charge in [0.25, 0.3) is 0 Å². The van der Waals surface area contributed by atoms with E-state index in [-0.39, 0.29) is 22.9 Å². The Morgan fingerprint density at radius 2 is 1.92 bits per heavy atom. The number of carbonyl (C=O) groups is 2. The second-order valence-corrected chi connectivity index (χ2v) is 9.76. The summed E-state index contributed by atoms with van der Waals surface area (Å²) in [5, 5.41) is 0. The normalized spacial score (nSPS) is 45.0. The number of hydrogen-bond donors (Lipinski definition) is 0. The molecule has 3 saturated carbocycles. The van der Waals surface area contributed by atoms with Crippen molar-refractivity contribution < 1.29 is 14.3 Å². The Balaban J connectivity index is 1.59. The van der Waals surface area contributed by atoms with Crippen LogP contribution in [0, 0.1) is 28.6 Å². The maximum absolute atomic E-state index is 12.0. The molecule has 26 heavy (non-hydrogen) atoms. The molecule has 0 spiro atoms. The SMILES string of the molecule is CCC(=O)O[C@H]1CC[C@H]2[C@@H]3CCC4=CCC(=O)CC[C@]4(C)[C@H]3CC[C@]12C. The van der Waals surface area contributed by atoms with Crippen LogP contribution in [0.15, 0.2) is 11.6 Å². The first kappa shape index (κ1) is 18.3. The zero-order valence-corrected chi connectivity index (χ0v) is 16.7. The van der Waals surface area contributed by atoms with Crippen molar-refractivity contribution in [2.45, 2.75) is 91.1 Å². The molecule has 0 aliphatic heterocycles. The number of ketones is 1. The Labute approximate surface area is 157 Å². The van der Waals surface area contributed by atoms with Crippen molar-refractivity contribution in [2.75, 3.05) is 0 Å². The Hall–Kier alpha value is -1.12. The standard InChI is InChI=1S/C23H34O3/c1-4-21(25)26-20-10-9-18-17-8-6-15-5-7-16(24)11-13-22(15,2)19(17)12-14-23(18,20)3/h5,17-20H,4,6-14H2,1-3H3/t17-,18-,19-,20-,22-,23-/m0/s1. The molecule has 3 heteroatoms. The molecule has 144 valence electrons. The minimum Gasteiger partial charge on any atom is -0.462 e. The van der Waals surface area contributed by atoms with Gasteiger partial charge in [-0.1, -0.05) is 32.4 Å². The second-order valence-electron chi connectivity index (χ2n) is 9.76. The second kappa shape index (κ2) is 6.49. The summed E-state index contributed by atoms with van der Waals surface area (Å²) in [6.07, 6.45) is 12.3. The summed E-state index contributed by atoms with van der Waals surface area (Å²) in [4.78, 5) is 24.0. The van der Waals surface area contributed by atoms with Crippen molar-refractivity contribution in [3.8, 4) is 0 Å². The Morgan fingerprint density at radius 3 is 2.69 bits per heavy atom. The smallest absolute Gasteiger partial charge is 0.305 e. The summed E-state index contributed by atoms with van der Waals surface area (Å²) in [6.45, 7) is 6.72. The van der Waals surface area contributed by atoms with Gasteiger partial charge >= 0.3 is 5.97 Å². The molecule has 3 nitrogen and oxygen atoms in total. The lowest BCUT2D eigenvalue weighted by Crippen LogP contribution is -2.50. The average Bonchev–Trinajstić information content (AvgIpc) is 2.87. The third-order valence-corrected chi connectivity index (χ3v) is 8.71. The molecule has 4 aliphatic rings. The van der Waals surface area contributed by atoms with E-state index in [0.29, 0.717) is 30.5 Å². The highest BCUT2D eigenvalue weighted by Gasteiger charge is 2.59. The quantitative estimate of drug-likeness (QED) is 0.501. The van der Waals surface area contributed by atoms with E-state index in [2.05, 4.69) is 19.9 Å². The van der Waals surface area contributed by atoms with E-state index >= 15 is 0 Å². The minimum atomic E-state index is -0.0397. The number of ether oxygens (including phenoxy) is 1. The highest BCUT2D eigenvalue weighted by Crippen LogP contribution is 2.65. The molecule has 0 heterocycles. The van der Waals surface area contributed by atoms with Crippen molar-refractivity contribution in [3.05, 3.63) is 11.6 Å². The van der Waals surface area contributed by atoms with Crippen LogP contribution in [0.5, 0.6) is 0 Å². The fourth-order valence-electron chi connectivity index (χ4n) is 7.13. The first-order valence-corrected chi connectivity index (χ1v) is 10.8. The summed E-state index contributed by atoms with van der Waals surface area (Å²) in [7, 11) is 0. The highest BCUT2D eigenvalue weighted by atomic mass is 16.5. The molecule has 0 N–H and O–H groups in total. The summed E-state index contributed by atoms with van der Waals surface area (Å²) in [5.41, 5.74) is 1.94. The molecule has 0 amide bonds. The largest absolute Gasteiger partial charge is 0.462 e. The minimum absolute atomic E-state index is 0.0397. The van der Waals surface area contributed by atoms with Crippen LogP contribution in [-0.2, 0) is 14.3 Å². The predicted molar refractivity (Wildman–Crippen MR) is 101 cm³/mol. The molecule has 0 aromatic rings. The van der Waals surface area contributed by atoms with Crippen molar-refractivity contribution in [2.24, 2.45) is 28.6 Å². The van der Waals surface area contributed by atoms with Gasteiger partial charge in [0.2, 0.25) is 0 Å². The molecule has 0 saturated heterocycles. The van der Waals surface area contributed by atoms with E-state index in [1.807, 2.05) is 6.92 Å². The van der Waals surface area contributed by atoms with Gasteiger partial charge in [0.15, 0.2) is 0 Å². The number of Topliss-reactive ketones (excluding diaryl/α,β-unsaturated/α-hetero) is 1. The van der Waals surface area contributed by atoms with Gasteiger partial charge < -0.3 is 4.74 Å². The van der Waals surface area contributed by atoms with Gasteiger partial charge in [0.05, 0.1) is 0 Å². The fraction of sp³-hybridized carbons (Fsp3) is 0.826. The zero-order chi connectivity index (χ0) is 18.5. The summed E-state index contributed by atoms with van der Waals surface area (Å²) in [5.74, 6) is 2.48. The van der Waals surface area contributed by atoms with Crippen molar-refractivity contribution in [3.63, 3.8) is 0 Å². The number of rotatable bonds is 2. The molecular formula is C23H34O3. The van der Waals surface area contributed by atoms with Crippen LogP contribution in [0.25, 0.3) is 0 Å². The number of hydrogen-bond acceptors (Lipinski definition) is 3. The third-order valence-electron chi connectivity index (χ3n) is 8.71. The zero-order valence-electron chi connectivity index (χ0n) is 16.7. The van der Waals surface area contributed by atoms with Crippen molar-refractivity contribution in [1.29, 1.82) is 0 Å². The molecular weight excluding hydrogens is 324 g/mol. The summed E-state index contributed by atoms with van der Waals surface area (Å²) < 4.78 is 5.88. The number of fused-ring (bicyclic) bond motifs is 5. The van der Waals surface area contributed by atoms with Gasteiger partial charge in [-0.15, -0.1) is 0 Å². The maximum atomic E-state index is 12.0. The van der Waals surface area contributed by atoms with Crippen LogP contribution >= 0.6 is 0 Å². The molecule has 0 aromatic carbocycles. The van der Waals surface area contributed by atoms with E-state index in [0.717, 1.165) is 38.0 Å². The van der Waals surface area contributed by atoms with E-state index in [9.17, 15) is 9.59 Å². The molecule has 0 aromatic heterocycles. The molecule has 3 fully saturated rings. The number of carbonyl (C=O) groups excluding carboxylic acids is 2. The average molecular weight is 359 g/mol. The van der Waals surface area contributed by atoms with E-state index in [4.69, 9.17) is 4.74 Å². The van der Waals surface area contributed by atoms with Crippen molar-refractivity contribution >= 4 is 11.8 Å². The first-order chi connectivity index (χ1) is 12.4. The van der Waals surface area contributed by atoms with Crippen LogP contribution in [0.4, 0.5) is 0 Å². The van der Waals surface area contributed by atoms with Crippen LogP contribution in [0.2, 0.25) is 0 Å². The fourth-order valence-corrected chi connectivity index (χ4v) is 7.13. The monoisotopic (exact) mass is 358 g/mol. The van der Waals surface area contributed by atoms with Gasteiger partial charge in [-0.05, 0) is 68.1 Å². The molecule has 6 atom stereocenters. The van der Waals surface area contributed by atoms with Gasteiger partial charge in [-0.25, -0.2) is 0 Å². The number of allylic oxidation sites excluding steroid dienone is 2. The first-order valence-electron chi connectivity index (χ1n) is 10.8. The summed E-state index contributed by atoms with van der Waals surface area (Å²) in [6, 6.07) is 0. The Morgan fingerprint density at radius 1 is 1.12 bits per heavy atom. The van der Waals surface area contributed by atoms with Crippen LogP contribution in [-0.4, -0.2) is 17.9 Å². The van der Waals surface area contributed by atoms with Gasteiger partial charge in [-0.3, -0.25) is 9.59 Å². The van der Waals surface area contributed by atoms with Gasteiger partial charge in [-0.2, -0.15) is 0 Å². The van der Waals surface area contributed by atoms with E-state index < -0.39 is 0 Å². The molecule has 0 bridgehead atoms. The van der Waals surface area contributed by atoms with E-state index in [1.165, 1.54) is 19.3 Å². The van der Waals surface area contributed by atoms with Crippen LogP contribution in [0.3, 0.4) is 0 Å². The Bertz CT molecular complexity index is 635. The van der Waals surface area contributed by atoms with Crippen LogP contribution in [0.1, 0.15) is 85.0 Å². The molecule has 4 rings (SSSR count). The molecule has 4 aliphatic carbocycles. The molecule has 0 radical (unpaired) electrons. The topological polar surface area (TPSA) is 43.4 Å². The summed E-state index contributed by atoms with van der Waals surface area (Å²) >= 11 is 0. The molecule has 0 unspecified atom stereocenters. The predicted octanol–water partition coefficient (Wildman–Crippen LogP) is 5.23.